The monoisotopic (exact) mass is 398 g/mol. The third-order valence-electron chi connectivity index (χ3n) is 6.12. The summed E-state index contributed by atoms with van der Waals surface area (Å²) in [5.74, 6) is 0.357. The number of nitrogens with zero attached hydrogens (tertiary/aromatic N) is 4. The van der Waals surface area contributed by atoms with Crippen molar-refractivity contribution in [1.29, 1.82) is 0 Å². The van der Waals surface area contributed by atoms with E-state index < -0.39 is 0 Å². The Labute approximate surface area is 167 Å². The molecule has 2 heterocycles. The van der Waals surface area contributed by atoms with Crippen molar-refractivity contribution >= 4 is 11.9 Å². The van der Waals surface area contributed by atoms with Gasteiger partial charge in [0.2, 0.25) is 11.8 Å². The van der Waals surface area contributed by atoms with E-state index in [9.17, 15) is 14.0 Å². The van der Waals surface area contributed by atoms with Gasteiger partial charge in [0.05, 0.1) is 5.92 Å². The molecule has 3 amide bonds. The van der Waals surface area contributed by atoms with Crippen LogP contribution < -0.4 is 0 Å². The Morgan fingerprint density at radius 2 is 1.97 bits per heavy atom. The normalized spacial score (nSPS) is 24.7. The zero-order chi connectivity index (χ0) is 20.0. The van der Waals surface area contributed by atoms with Crippen molar-refractivity contribution in [2.75, 3.05) is 0 Å². The molecular formula is C21H23FN4O3. The van der Waals surface area contributed by atoms with Crippen molar-refractivity contribution in [3.8, 4) is 0 Å². The molecule has 1 aromatic heterocycles. The summed E-state index contributed by atoms with van der Waals surface area (Å²) in [7, 11) is 0. The predicted molar refractivity (Wildman–Crippen MR) is 100 cm³/mol. The number of halogens is 1. The highest BCUT2D eigenvalue weighted by molar-refractivity contribution is 5.99. The SMILES string of the molecule is O=C1C2CCCCC2N(Cc2nc(Cc3cccc(F)c3)no2)C(=O)N1C1CC1. The number of hydrogen-bond donors (Lipinski definition) is 0. The number of carbonyl (C=O) groups excluding carboxylic acids is 2. The first-order valence-corrected chi connectivity index (χ1v) is 10.3. The largest absolute Gasteiger partial charge is 0.337 e. The molecule has 152 valence electrons. The lowest BCUT2D eigenvalue weighted by molar-refractivity contribution is -0.141. The van der Waals surface area contributed by atoms with Crippen LogP contribution in [0.2, 0.25) is 0 Å². The van der Waals surface area contributed by atoms with E-state index in [0.29, 0.717) is 18.1 Å². The Morgan fingerprint density at radius 3 is 2.76 bits per heavy atom. The standard InChI is InChI=1S/C21H23FN4O3/c22-14-5-3-4-13(10-14)11-18-23-19(29-24-18)12-25-17-7-2-1-6-16(17)20(27)26(21(25)28)15-8-9-15/h3-5,10,15-17H,1-2,6-9,11-12H2. The van der Waals surface area contributed by atoms with E-state index in [1.54, 1.807) is 17.0 Å². The van der Waals surface area contributed by atoms with Gasteiger partial charge in [-0.15, -0.1) is 0 Å². The molecule has 0 spiro atoms. The molecule has 5 rings (SSSR count). The molecule has 2 saturated carbocycles. The van der Waals surface area contributed by atoms with Gasteiger partial charge in [0.25, 0.3) is 0 Å². The van der Waals surface area contributed by atoms with Crippen LogP contribution in [-0.2, 0) is 17.8 Å². The Bertz CT molecular complexity index is 942. The highest BCUT2D eigenvalue weighted by atomic mass is 19.1. The zero-order valence-electron chi connectivity index (χ0n) is 16.1. The van der Waals surface area contributed by atoms with Crippen LogP contribution in [0, 0.1) is 11.7 Å². The molecule has 3 aliphatic rings. The molecule has 2 unspecified atom stereocenters. The van der Waals surface area contributed by atoms with Gasteiger partial charge in [-0.1, -0.05) is 30.1 Å². The number of aromatic nitrogens is 2. The first kappa shape index (κ1) is 18.3. The smallest absolute Gasteiger partial charge is 0.327 e. The van der Waals surface area contributed by atoms with Crippen LogP contribution in [0.3, 0.4) is 0 Å². The van der Waals surface area contributed by atoms with Crippen molar-refractivity contribution in [3.05, 3.63) is 47.4 Å². The van der Waals surface area contributed by atoms with Crippen LogP contribution in [0.4, 0.5) is 9.18 Å². The van der Waals surface area contributed by atoms with Crippen LogP contribution in [0.15, 0.2) is 28.8 Å². The highest BCUT2D eigenvalue weighted by Crippen LogP contribution is 2.39. The van der Waals surface area contributed by atoms with Crippen molar-refractivity contribution in [1.82, 2.24) is 19.9 Å². The summed E-state index contributed by atoms with van der Waals surface area (Å²) in [6.45, 7) is 0.201. The van der Waals surface area contributed by atoms with Gasteiger partial charge in [0.15, 0.2) is 5.82 Å². The fourth-order valence-electron chi connectivity index (χ4n) is 4.58. The van der Waals surface area contributed by atoms with Gasteiger partial charge < -0.3 is 9.42 Å². The molecule has 8 heteroatoms. The van der Waals surface area contributed by atoms with Crippen molar-refractivity contribution in [2.24, 2.45) is 5.92 Å². The van der Waals surface area contributed by atoms with Crippen molar-refractivity contribution in [3.63, 3.8) is 0 Å². The van der Waals surface area contributed by atoms with Crippen molar-refractivity contribution in [2.45, 2.75) is 63.6 Å². The van der Waals surface area contributed by atoms with Gasteiger partial charge >= 0.3 is 6.03 Å². The minimum Gasteiger partial charge on any atom is -0.337 e. The molecule has 2 aliphatic carbocycles. The molecule has 1 saturated heterocycles. The van der Waals surface area contributed by atoms with E-state index >= 15 is 0 Å². The lowest BCUT2D eigenvalue weighted by Crippen LogP contribution is -2.62. The number of urea groups is 1. The van der Waals surface area contributed by atoms with E-state index in [2.05, 4.69) is 10.1 Å². The van der Waals surface area contributed by atoms with Gasteiger partial charge in [0, 0.05) is 18.5 Å². The maximum atomic E-state index is 13.4. The molecule has 0 radical (unpaired) electrons. The quantitative estimate of drug-likeness (QED) is 0.772. The first-order valence-electron chi connectivity index (χ1n) is 10.3. The molecule has 2 atom stereocenters. The van der Waals surface area contributed by atoms with Crippen LogP contribution in [0.25, 0.3) is 0 Å². The van der Waals surface area contributed by atoms with Gasteiger partial charge in [-0.05, 0) is 43.4 Å². The van der Waals surface area contributed by atoms with Crippen LogP contribution in [0.1, 0.15) is 55.8 Å². The van der Waals surface area contributed by atoms with Crippen LogP contribution >= 0.6 is 0 Å². The number of carbonyl (C=O) groups is 2. The maximum absolute atomic E-state index is 13.4. The topological polar surface area (TPSA) is 79.5 Å². The third-order valence-corrected chi connectivity index (χ3v) is 6.12. The molecule has 1 aromatic carbocycles. The van der Waals surface area contributed by atoms with Gasteiger partial charge in [-0.25, -0.2) is 9.18 Å². The average Bonchev–Trinajstić information content (AvgIpc) is 3.45. The van der Waals surface area contributed by atoms with Gasteiger partial charge in [0.1, 0.15) is 12.4 Å². The van der Waals surface area contributed by atoms with E-state index in [4.69, 9.17) is 4.52 Å². The second-order valence-electron chi connectivity index (χ2n) is 8.22. The van der Waals surface area contributed by atoms with E-state index in [-0.39, 0.29) is 42.3 Å². The minimum atomic E-state index is -0.307. The Hall–Kier alpha value is -2.77. The second kappa shape index (κ2) is 7.24. The summed E-state index contributed by atoms with van der Waals surface area (Å²) >= 11 is 0. The molecular weight excluding hydrogens is 375 g/mol. The number of hydrogen-bond acceptors (Lipinski definition) is 5. The van der Waals surface area contributed by atoms with E-state index in [1.807, 2.05) is 0 Å². The van der Waals surface area contributed by atoms with Crippen LogP contribution in [-0.4, -0.2) is 44.0 Å². The fraction of sp³-hybridized carbons (Fsp3) is 0.524. The summed E-state index contributed by atoms with van der Waals surface area (Å²) < 4.78 is 18.8. The molecule has 7 nitrogen and oxygen atoms in total. The van der Waals surface area contributed by atoms with Gasteiger partial charge in [-0.3, -0.25) is 9.69 Å². The van der Waals surface area contributed by atoms with Crippen molar-refractivity contribution < 1.29 is 18.5 Å². The molecule has 0 N–H and O–H groups in total. The fourth-order valence-corrected chi connectivity index (χ4v) is 4.58. The Morgan fingerprint density at radius 1 is 1.14 bits per heavy atom. The maximum Gasteiger partial charge on any atom is 0.327 e. The summed E-state index contributed by atoms with van der Waals surface area (Å²) in [4.78, 5) is 33.6. The summed E-state index contributed by atoms with van der Waals surface area (Å²) in [5, 5.41) is 3.99. The molecule has 3 fully saturated rings. The molecule has 0 bridgehead atoms. The summed E-state index contributed by atoms with van der Waals surface area (Å²) in [6, 6.07) is 6.00. The number of rotatable bonds is 5. The van der Waals surface area contributed by atoms with E-state index in [1.165, 1.54) is 17.0 Å². The average molecular weight is 398 g/mol. The molecule has 29 heavy (non-hydrogen) atoms. The Kier molecular flexibility index (Phi) is 4.56. The minimum absolute atomic E-state index is 0.00391. The first-order chi connectivity index (χ1) is 14.1. The second-order valence-corrected chi connectivity index (χ2v) is 8.22. The summed E-state index contributed by atoms with van der Waals surface area (Å²) in [5.41, 5.74) is 0.754. The lowest BCUT2D eigenvalue weighted by atomic mass is 9.81. The predicted octanol–water partition coefficient (Wildman–Crippen LogP) is 3.28. The molecule has 1 aliphatic heterocycles. The molecule has 2 aromatic rings. The zero-order valence-corrected chi connectivity index (χ0v) is 16.1. The number of fused-ring (bicyclic) bond motifs is 1. The number of imide groups is 1. The Balaban J connectivity index is 1.35. The highest BCUT2D eigenvalue weighted by Gasteiger charge is 2.51. The van der Waals surface area contributed by atoms with Crippen LogP contribution in [0.5, 0.6) is 0 Å². The number of benzene rings is 1. The lowest BCUT2D eigenvalue weighted by Gasteiger charge is -2.46. The van der Waals surface area contributed by atoms with E-state index in [0.717, 1.165) is 44.1 Å². The van der Waals surface area contributed by atoms with Gasteiger partial charge in [-0.2, -0.15) is 4.98 Å². The number of amides is 3. The third kappa shape index (κ3) is 3.52. The summed E-state index contributed by atoms with van der Waals surface area (Å²) in [6.07, 6.45) is 5.81.